The fourth-order valence-corrected chi connectivity index (χ4v) is 5.28. The van der Waals surface area contributed by atoms with Gasteiger partial charge in [0.2, 0.25) is 0 Å². The summed E-state index contributed by atoms with van der Waals surface area (Å²) in [6, 6.07) is 2.68. The standard InChI is InChI=1S/C18H30N4OS2.HI/c1-2-19-17(20-13-18(23)6-10-25-14-18)21-16-3-7-22(8-4-16)11-15-5-9-24-12-15;/h5,9,12,16,23H,2-4,6-8,10-11,13-14H2,1H3,(H2,19,20,21);1H. The summed E-state index contributed by atoms with van der Waals surface area (Å²) in [5.41, 5.74) is 0.811. The van der Waals surface area contributed by atoms with E-state index in [-0.39, 0.29) is 24.0 Å². The summed E-state index contributed by atoms with van der Waals surface area (Å²) < 4.78 is 0. The van der Waals surface area contributed by atoms with Crippen LogP contribution in [-0.4, -0.2) is 65.3 Å². The van der Waals surface area contributed by atoms with Gasteiger partial charge in [-0.15, -0.1) is 24.0 Å². The van der Waals surface area contributed by atoms with Gasteiger partial charge in [0.15, 0.2) is 5.96 Å². The number of thioether (sulfide) groups is 1. The molecule has 3 rings (SSSR count). The third kappa shape index (κ3) is 6.85. The number of guanidine groups is 1. The second-order valence-electron chi connectivity index (χ2n) is 7.05. The molecule has 0 radical (unpaired) electrons. The Kier molecular flexibility index (Phi) is 9.49. The van der Waals surface area contributed by atoms with Crippen LogP contribution in [0.2, 0.25) is 0 Å². The van der Waals surface area contributed by atoms with Crippen molar-refractivity contribution in [3.63, 3.8) is 0 Å². The molecule has 3 N–H and O–H groups in total. The first kappa shape index (κ1) is 22.3. The van der Waals surface area contributed by atoms with E-state index in [1.807, 2.05) is 11.8 Å². The van der Waals surface area contributed by atoms with E-state index >= 15 is 0 Å². The van der Waals surface area contributed by atoms with Gasteiger partial charge >= 0.3 is 0 Å². The second-order valence-corrected chi connectivity index (χ2v) is 8.93. The summed E-state index contributed by atoms with van der Waals surface area (Å²) in [5, 5.41) is 21.8. The van der Waals surface area contributed by atoms with Crippen molar-refractivity contribution in [3.8, 4) is 0 Å². The average molecular weight is 511 g/mol. The van der Waals surface area contributed by atoms with E-state index in [0.717, 1.165) is 62.9 Å². The van der Waals surface area contributed by atoms with Crippen molar-refractivity contribution in [2.24, 2.45) is 4.99 Å². The van der Waals surface area contributed by atoms with Gasteiger partial charge in [-0.3, -0.25) is 9.89 Å². The summed E-state index contributed by atoms with van der Waals surface area (Å²) in [4.78, 5) is 7.19. The minimum absolute atomic E-state index is 0. The number of thiophene rings is 1. The highest BCUT2D eigenvalue weighted by Crippen LogP contribution is 2.27. The number of rotatable bonds is 6. The minimum atomic E-state index is -0.614. The Morgan fingerprint density at radius 2 is 2.23 bits per heavy atom. The summed E-state index contributed by atoms with van der Waals surface area (Å²) >= 11 is 3.59. The molecular formula is C18H31IN4OS2. The largest absolute Gasteiger partial charge is 0.387 e. The van der Waals surface area contributed by atoms with Crippen LogP contribution in [0, 0.1) is 0 Å². The molecule has 148 valence electrons. The Bertz CT molecular complexity index is 541. The first-order valence-corrected chi connectivity index (χ1v) is 11.3. The van der Waals surface area contributed by atoms with Gasteiger partial charge in [-0.2, -0.15) is 23.1 Å². The normalized spacial score (nSPS) is 25.1. The number of aliphatic imine (C=N–C) groups is 1. The molecule has 2 saturated heterocycles. The van der Waals surface area contributed by atoms with Crippen LogP contribution in [0.3, 0.4) is 0 Å². The van der Waals surface area contributed by atoms with Gasteiger partial charge < -0.3 is 15.7 Å². The molecule has 0 amide bonds. The maximum Gasteiger partial charge on any atom is 0.191 e. The first-order chi connectivity index (χ1) is 12.2. The average Bonchev–Trinajstić information content (AvgIpc) is 3.27. The van der Waals surface area contributed by atoms with Crippen LogP contribution >= 0.6 is 47.1 Å². The molecule has 26 heavy (non-hydrogen) atoms. The van der Waals surface area contributed by atoms with Gasteiger partial charge in [0, 0.05) is 38.0 Å². The first-order valence-electron chi connectivity index (χ1n) is 9.25. The SMILES string of the molecule is CCNC(=NCC1(O)CCSC1)NC1CCN(Cc2ccsc2)CC1.I. The number of aliphatic hydroxyl groups is 1. The minimum Gasteiger partial charge on any atom is -0.387 e. The van der Waals surface area contributed by atoms with Crippen molar-refractivity contribution in [2.45, 2.75) is 44.4 Å². The van der Waals surface area contributed by atoms with E-state index in [0.29, 0.717) is 12.6 Å². The molecule has 8 heteroatoms. The Morgan fingerprint density at radius 1 is 1.42 bits per heavy atom. The molecule has 1 unspecified atom stereocenters. The number of nitrogens with one attached hydrogen (secondary N) is 2. The van der Waals surface area contributed by atoms with Crippen molar-refractivity contribution < 1.29 is 5.11 Å². The fourth-order valence-electron chi connectivity index (χ4n) is 3.34. The van der Waals surface area contributed by atoms with Gasteiger partial charge in [-0.05, 0) is 54.3 Å². The van der Waals surface area contributed by atoms with Gasteiger partial charge in [0.25, 0.3) is 0 Å². The van der Waals surface area contributed by atoms with Crippen LogP contribution in [0.25, 0.3) is 0 Å². The molecule has 2 aliphatic heterocycles. The second kappa shape index (κ2) is 11.1. The molecule has 5 nitrogen and oxygen atoms in total. The van der Waals surface area contributed by atoms with Crippen LogP contribution in [0.15, 0.2) is 21.8 Å². The molecule has 1 aromatic heterocycles. The number of hydrogen-bond donors (Lipinski definition) is 3. The molecule has 0 aromatic carbocycles. The van der Waals surface area contributed by atoms with Gasteiger partial charge in [0.05, 0.1) is 12.1 Å². The van der Waals surface area contributed by atoms with E-state index in [1.54, 1.807) is 11.3 Å². The zero-order chi connectivity index (χ0) is 17.5. The van der Waals surface area contributed by atoms with Crippen molar-refractivity contribution in [1.29, 1.82) is 0 Å². The Balaban J connectivity index is 0.00000243. The molecular weight excluding hydrogens is 479 g/mol. The Morgan fingerprint density at radius 3 is 2.85 bits per heavy atom. The molecule has 2 aliphatic rings. The summed E-state index contributed by atoms with van der Waals surface area (Å²) in [6.07, 6.45) is 3.12. The zero-order valence-corrected chi connectivity index (χ0v) is 19.4. The molecule has 1 aromatic rings. The topological polar surface area (TPSA) is 59.9 Å². The maximum atomic E-state index is 10.5. The maximum absolute atomic E-state index is 10.5. The number of nitrogens with zero attached hydrogens (tertiary/aromatic N) is 2. The number of hydrogen-bond acceptors (Lipinski definition) is 5. The summed E-state index contributed by atoms with van der Waals surface area (Å²) in [6.45, 7) is 6.72. The van der Waals surface area contributed by atoms with E-state index in [1.165, 1.54) is 5.56 Å². The van der Waals surface area contributed by atoms with Crippen LogP contribution in [0.5, 0.6) is 0 Å². The van der Waals surface area contributed by atoms with Crippen molar-refractivity contribution in [3.05, 3.63) is 22.4 Å². The van der Waals surface area contributed by atoms with Crippen LogP contribution in [0.4, 0.5) is 0 Å². The number of piperidine rings is 1. The highest BCUT2D eigenvalue weighted by atomic mass is 127. The van der Waals surface area contributed by atoms with Crippen LogP contribution in [-0.2, 0) is 6.54 Å². The molecule has 0 spiro atoms. The predicted molar refractivity (Wildman–Crippen MR) is 124 cm³/mol. The van der Waals surface area contributed by atoms with Gasteiger partial charge in [-0.25, -0.2) is 0 Å². The smallest absolute Gasteiger partial charge is 0.191 e. The zero-order valence-electron chi connectivity index (χ0n) is 15.4. The highest BCUT2D eigenvalue weighted by molar-refractivity contribution is 14.0. The fraction of sp³-hybridized carbons (Fsp3) is 0.722. The number of likely N-dealkylation sites (tertiary alicyclic amines) is 1. The van der Waals surface area contributed by atoms with E-state index in [4.69, 9.17) is 0 Å². The monoisotopic (exact) mass is 510 g/mol. The Labute approximate surface area is 182 Å². The molecule has 1 atom stereocenters. The van der Waals surface area contributed by atoms with Crippen molar-refractivity contribution in [1.82, 2.24) is 15.5 Å². The molecule has 0 bridgehead atoms. The lowest BCUT2D eigenvalue weighted by molar-refractivity contribution is 0.0778. The molecule has 0 aliphatic carbocycles. The lowest BCUT2D eigenvalue weighted by atomic mass is 10.0. The molecule has 0 saturated carbocycles. The quantitative estimate of drug-likeness (QED) is 0.312. The van der Waals surface area contributed by atoms with Crippen LogP contribution < -0.4 is 10.6 Å². The van der Waals surface area contributed by atoms with Crippen LogP contribution in [0.1, 0.15) is 31.7 Å². The predicted octanol–water partition coefficient (Wildman–Crippen LogP) is 2.75. The molecule has 2 fully saturated rings. The third-order valence-electron chi connectivity index (χ3n) is 4.87. The lowest BCUT2D eigenvalue weighted by Gasteiger charge is -2.33. The Hall–Kier alpha value is -0.0300. The molecule has 3 heterocycles. The van der Waals surface area contributed by atoms with E-state index in [9.17, 15) is 5.11 Å². The summed E-state index contributed by atoms with van der Waals surface area (Å²) in [5.74, 6) is 2.69. The van der Waals surface area contributed by atoms with Gasteiger partial charge in [0.1, 0.15) is 0 Å². The van der Waals surface area contributed by atoms with Crippen molar-refractivity contribution >= 4 is 53.0 Å². The van der Waals surface area contributed by atoms with E-state index < -0.39 is 5.60 Å². The van der Waals surface area contributed by atoms with E-state index in [2.05, 4.69) is 44.3 Å². The number of halogens is 1. The summed E-state index contributed by atoms with van der Waals surface area (Å²) in [7, 11) is 0. The lowest BCUT2D eigenvalue weighted by Crippen LogP contribution is -2.49. The van der Waals surface area contributed by atoms with Crippen molar-refractivity contribution in [2.75, 3.05) is 37.7 Å². The van der Waals surface area contributed by atoms with Gasteiger partial charge in [-0.1, -0.05) is 0 Å². The highest BCUT2D eigenvalue weighted by Gasteiger charge is 2.31. The third-order valence-corrected chi connectivity index (χ3v) is 6.84.